The standard InChI is InChI=1S/C25H27ClN4O2/c1-17-4-5-20(14-18(17)2)23-8-9-24(28-27-23)29-10-12-30(13-11-29)25(31)16-32-21-6-7-22(26)19(3)15-21/h4-9,14-15H,10-13,16H2,1-3H3. The van der Waals surface area contributed by atoms with Gasteiger partial charge in [0.15, 0.2) is 12.4 Å². The minimum absolute atomic E-state index is 0.0194. The number of carbonyl (C=O) groups is 1. The van der Waals surface area contributed by atoms with Gasteiger partial charge in [-0.3, -0.25) is 4.79 Å². The maximum Gasteiger partial charge on any atom is 0.260 e. The Hall–Kier alpha value is -3.12. The van der Waals surface area contributed by atoms with Crippen molar-refractivity contribution in [3.8, 4) is 17.0 Å². The summed E-state index contributed by atoms with van der Waals surface area (Å²) in [6, 6.07) is 15.7. The Bertz CT molecular complexity index is 1110. The topological polar surface area (TPSA) is 58.6 Å². The number of aromatic nitrogens is 2. The number of carbonyl (C=O) groups excluding carboxylic acids is 1. The van der Waals surface area contributed by atoms with Gasteiger partial charge in [-0.25, -0.2) is 0 Å². The summed E-state index contributed by atoms with van der Waals surface area (Å²) in [5.74, 6) is 1.46. The van der Waals surface area contributed by atoms with Gasteiger partial charge in [-0.05, 0) is 73.9 Å². The second-order valence-corrected chi connectivity index (χ2v) is 8.55. The number of amides is 1. The molecule has 2 aromatic carbocycles. The molecule has 0 radical (unpaired) electrons. The van der Waals surface area contributed by atoms with Crippen molar-refractivity contribution >= 4 is 23.3 Å². The lowest BCUT2D eigenvalue weighted by Gasteiger charge is -2.35. The van der Waals surface area contributed by atoms with Gasteiger partial charge in [0.05, 0.1) is 5.69 Å². The molecule has 3 aromatic rings. The third-order valence-electron chi connectivity index (χ3n) is 5.90. The molecule has 1 aromatic heterocycles. The second kappa shape index (κ2) is 9.57. The predicted molar refractivity (Wildman–Crippen MR) is 127 cm³/mol. The molecule has 0 atom stereocenters. The van der Waals surface area contributed by atoms with E-state index in [1.165, 1.54) is 11.1 Å². The van der Waals surface area contributed by atoms with Gasteiger partial charge < -0.3 is 14.5 Å². The van der Waals surface area contributed by atoms with E-state index in [2.05, 4.69) is 47.1 Å². The average Bonchev–Trinajstić information content (AvgIpc) is 2.81. The first-order valence-corrected chi connectivity index (χ1v) is 11.1. The highest BCUT2D eigenvalue weighted by atomic mass is 35.5. The highest BCUT2D eigenvalue weighted by Gasteiger charge is 2.22. The molecule has 166 valence electrons. The molecule has 1 aliphatic rings. The van der Waals surface area contributed by atoms with Crippen LogP contribution in [0, 0.1) is 20.8 Å². The van der Waals surface area contributed by atoms with Crippen molar-refractivity contribution in [3.05, 3.63) is 70.2 Å². The molecular weight excluding hydrogens is 424 g/mol. The van der Waals surface area contributed by atoms with E-state index in [0.29, 0.717) is 37.0 Å². The molecule has 0 N–H and O–H groups in total. The number of hydrogen-bond acceptors (Lipinski definition) is 5. The highest BCUT2D eigenvalue weighted by Crippen LogP contribution is 2.23. The minimum Gasteiger partial charge on any atom is -0.484 e. The molecule has 1 amide bonds. The third kappa shape index (κ3) is 5.02. The maximum absolute atomic E-state index is 12.5. The van der Waals surface area contributed by atoms with Crippen LogP contribution in [0.1, 0.15) is 16.7 Å². The van der Waals surface area contributed by atoms with E-state index in [1.807, 2.05) is 30.0 Å². The molecule has 1 saturated heterocycles. The summed E-state index contributed by atoms with van der Waals surface area (Å²) < 4.78 is 5.65. The summed E-state index contributed by atoms with van der Waals surface area (Å²) in [6.45, 7) is 8.81. The summed E-state index contributed by atoms with van der Waals surface area (Å²) >= 11 is 6.04. The van der Waals surface area contributed by atoms with E-state index in [-0.39, 0.29) is 12.5 Å². The second-order valence-electron chi connectivity index (χ2n) is 8.14. The highest BCUT2D eigenvalue weighted by molar-refractivity contribution is 6.31. The number of nitrogens with zero attached hydrogens (tertiary/aromatic N) is 4. The number of benzene rings is 2. The average molecular weight is 451 g/mol. The third-order valence-corrected chi connectivity index (χ3v) is 6.33. The van der Waals surface area contributed by atoms with Gasteiger partial charge >= 0.3 is 0 Å². The molecule has 0 aliphatic carbocycles. The lowest BCUT2D eigenvalue weighted by atomic mass is 10.0. The van der Waals surface area contributed by atoms with Crippen molar-refractivity contribution in [1.29, 1.82) is 0 Å². The number of halogens is 1. The van der Waals surface area contributed by atoms with E-state index in [4.69, 9.17) is 16.3 Å². The van der Waals surface area contributed by atoms with Crippen molar-refractivity contribution in [1.82, 2.24) is 15.1 Å². The minimum atomic E-state index is -0.0200. The van der Waals surface area contributed by atoms with Crippen molar-refractivity contribution in [2.75, 3.05) is 37.7 Å². The van der Waals surface area contributed by atoms with Crippen LogP contribution in [0.15, 0.2) is 48.5 Å². The molecule has 0 bridgehead atoms. The monoisotopic (exact) mass is 450 g/mol. The predicted octanol–water partition coefficient (Wildman–Crippen LogP) is 4.45. The molecular formula is C25H27ClN4O2. The van der Waals surface area contributed by atoms with Gasteiger partial charge in [-0.2, -0.15) is 0 Å². The Morgan fingerprint density at radius 3 is 2.34 bits per heavy atom. The summed E-state index contributed by atoms with van der Waals surface area (Å²) in [5, 5.41) is 9.54. The quantitative estimate of drug-likeness (QED) is 0.574. The molecule has 1 fully saturated rings. The maximum atomic E-state index is 12.5. The Morgan fingerprint density at radius 2 is 1.69 bits per heavy atom. The van der Waals surface area contributed by atoms with Crippen LogP contribution >= 0.6 is 11.6 Å². The fraction of sp³-hybridized carbons (Fsp3) is 0.320. The molecule has 6 nitrogen and oxygen atoms in total. The first kappa shape index (κ1) is 22.1. The lowest BCUT2D eigenvalue weighted by Crippen LogP contribution is -2.50. The van der Waals surface area contributed by atoms with Crippen LogP contribution in [0.4, 0.5) is 5.82 Å². The molecule has 32 heavy (non-hydrogen) atoms. The Labute approximate surface area is 193 Å². The van der Waals surface area contributed by atoms with Crippen molar-refractivity contribution in [2.24, 2.45) is 0 Å². The van der Waals surface area contributed by atoms with Crippen LogP contribution in [-0.2, 0) is 4.79 Å². The Balaban J connectivity index is 1.30. The summed E-state index contributed by atoms with van der Waals surface area (Å²) in [4.78, 5) is 16.5. The zero-order valence-electron chi connectivity index (χ0n) is 18.6. The van der Waals surface area contributed by atoms with Crippen molar-refractivity contribution in [2.45, 2.75) is 20.8 Å². The van der Waals surface area contributed by atoms with E-state index in [1.54, 1.807) is 12.1 Å². The number of aryl methyl sites for hydroxylation is 3. The summed E-state index contributed by atoms with van der Waals surface area (Å²) in [5.41, 5.74) is 5.36. The fourth-order valence-electron chi connectivity index (χ4n) is 3.68. The van der Waals surface area contributed by atoms with Gasteiger partial charge in [-0.1, -0.05) is 23.7 Å². The van der Waals surface area contributed by atoms with Crippen molar-refractivity contribution < 1.29 is 9.53 Å². The smallest absolute Gasteiger partial charge is 0.260 e. The lowest BCUT2D eigenvalue weighted by molar-refractivity contribution is -0.133. The van der Waals surface area contributed by atoms with Gasteiger partial charge in [0.25, 0.3) is 5.91 Å². The fourth-order valence-corrected chi connectivity index (χ4v) is 3.79. The number of piperazine rings is 1. The molecule has 0 saturated carbocycles. The van der Waals surface area contributed by atoms with Gasteiger partial charge in [0, 0.05) is 36.8 Å². The van der Waals surface area contributed by atoms with Crippen LogP contribution in [0.25, 0.3) is 11.3 Å². The number of ether oxygens (including phenoxy) is 1. The molecule has 0 unspecified atom stereocenters. The number of anilines is 1. The normalized spacial score (nSPS) is 13.9. The summed E-state index contributed by atoms with van der Waals surface area (Å²) in [7, 11) is 0. The first-order chi connectivity index (χ1) is 15.4. The number of rotatable bonds is 5. The van der Waals surface area contributed by atoms with E-state index < -0.39 is 0 Å². The van der Waals surface area contributed by atoms with Gasteiger partial charge in [0.1, 0.15) is 5.75 Å². The van der Waals surface area contributed by atoms with Crippen LogP contribution in [0.5, 0.6) is 5.75 Å². The van der Waals surface area contributed by atoms with Crippen LogP contribution < -0.4 is 9.64 Å². The van der Waals surface area contributed by atoms with Crippen LogP contribution in [0.2, 0.25) is 5.02 Å². The van der Waals surface area contributed by atoms with E-state index in [9.17, 15) is 4.79 Å². The SMILES string of the molecule is Cc1ccc(-c2ccc(N3CCN(C(=O)COc4ccc(Cl)c(C)c4)CC3)nn2)cc1C. The van der Waals surface area contributed by atoms with Crippen molar-refractivity contribution in [3.63, 3.8) is 0 Å². The largest absolute Gasteiger partial charge is 0.484 e. The van der Waals surface area contributed by atoms with E-state index >= 15 is 0 Å². The molecule has 4 rings (SSSR count). The number of hydrogen-bond donors (Lipinski definition) is 0. The molecule has 1 aliphatic heterocycles. The Kier molecular flexibility index (Phi) is 6.61. The molecule has 0 spiro atoms. The molecule has 7 heteroatoms. The summed E-state index contributed by atoms with van der Waals surface area (Å²) in [6.07, 6.45) is 0. The zero-order valence-corrected chi connectivity index (χ0v) is 19.4. The van der Waals surface area contributed by atoms with Gasteiger partial charge in [-0.15, -0.1) is 10.2 Å². The first-order valence-electron chi connectivity index (χ1n) is 10.7. The van der Waals surface area contributed by atoms with Gasteiger partial charge in [0.2, 0.25) is 0 Å². The van der Waals surface area contributed by atoms with Crippen LogP contribution in [-0.4, -0.2) is 53.8 Å². The van der Waals surface area contributed by atoms with Crippen LogP contribution in [0.3, 0.4) is 0 Å². The Morgan fingerprint density at radius 1 is 0.906 bits per heavy atom. The zero-order chi connectivity index (χ0) is 22.7. The van der Waals surface area contributed by atoms with E-state index in [0.717, 1.165) is 22.6 Å². The molecule has 2 heterocycles.